The largest absolute Gasteiger partial charge is 0.480 e. The number of aliphatic hydroxyl groups excluding tert-OH is 1. The van der Waals surface area contributed by atoms with Gasteiger partial charge in [-0.25, -0.2) is 0 Å². The number of aliphatic carboxylic acids is 2. The van der Waals surface area contributed by atoms with Crippen LogP contribution in [0.2, 0.25) is 40.9 Å². The normalized spacial score (nSPS) is 21.3. The van der Waals surface area contributed by atoms with E-state index in [-0.39, 0.29) is 157 Å². The van der Waals surface area contributed by atoms with Gasteiger partial charge >= 0.3 is 54.2 Å². The minimum absolute atomic E-state index is 0. The van der Waals surface area contributed by atoms with Crippen molar-refractivity contribution in [2.45, 2.75) is 288 Å². The number of rotatable bonds is 42. The molecule has 8 fully saturated rings. The van der Waals surface area contributed by atoms with Gasteiger partial charge in [0.1, 0.15) is 12.3 Å². The summed E-state index contributed by atoms with van der Waals surface area (Å²) in [5, 5.41) is 113. The van der Waals surface area contributed by atoms with Crippen molar-refractivity contribution in [3.05, 3.63) is 141 Å². The van der Waals surface area contributed by atoms with Crippen LogP contribution in [0.25, 0.3) is 0 Å². The van der Waals surface area contributed by atoms with Crippen LogP contribution in [-0.2, 0) is 72.4 Å². The van der Waals surface area contributed by atoms with Crippen molar-refractivity contribution in [1.82, 2.24) is 72.7 Å². The van der Waals surface area contributed by atoms with Crippen LogP contribution in [0.4, 0.5) is 0 Å². The van der Waals surface area contributed by atoms with Crippen molar-refractivity contribution in [3.8, 4) is 0 Å². The first-order valence-corrected chi connectivity index (χ1v) is 49.7. The Morgan fingerprint density at radius 1 is 0.407 bits per heavy atom. The number of benzene rings is 3. The fourth-order valence-corrected chi connectivity index (χ4v) is 18.4. The highest BCUT2D eigenvalue weighted by Gasteiger charge is 2.39. The number of aldehydes is 1. The highest BCUT2D eigenvalue weighted by Crippen LogP contribution is 2.31. The zero-order valence-electron chi connectivity index (χ0n) is 85.7. The van der Waals surface area contributed by atoms with Crippen molar-refractivity contribution < 1.29 is 98.2 Å². The Morgan fingerprint density at radius 2 is 0.714 bits per heavy atom. The van der Waals surface area contributed by atoms with Gasteiger partial charge in [0.2, 0.25) is 47.3 Å². The van der Waals surface area contributed by atoms with E-state index < -0.39 is 72.4 Å². The molecule has 3 aromatic rings. The molecule has 16 atom stereocenters. The van der Waals surface area contributed by atoms with Crippen LogP contribution in [0.15, 0.2) is 91.1 Å². The summed E-state index contributed by atoms with van der Waals surface area (Å²) >= 11 is 0. The van der Waals surface area contributed by atoms with Gasteiger partial charge in [0.05, 0.1) is 18.7 Å². The first kappa shape index (κ1) is 125. The molecule has 0 aromatic heterocycles. The van der Waals surface area contributed by atoms with Crippen molar-refractivity contribution >= 4 is 120 Å². The predicted molar refractivity (Wildman–Crippen MR) is 556 cm³/mol. The number of nitrogens with one attached hydrogen (secondary N) is 11. The van der Waals surface area contributed by atoms with Gasteiger partial charge in [-0.2, -0.15) is 0 Å². The average Bonchev–Trinajstić information content (AvgIpc) is 1.45. The summed E-state index contributed by atoms with van der Waals surface area (Å²) in [5.74, 6) is -1.25. The van der Waals surface area contributed by atoms with E-state index in [1.807, 2.05) is 71.9 Å². The summed E-state index contributed by atoms with van der Waals surface area (Å²) in [5.41, 5.74) is 22.4. The van der Waals surface area contributed by atoms with Crippen molar-refractivity contribution in [3.63, 3.8) is 0 Å². The average molecular weight is 1980 g/mol. The van der Waals surface area contributed by atoms with Gasteiger partial charge in [-0.05, 0) is 245 Å². The Morgan fingerprint density at radius 3 is 1.01 bits per heavy atom. The molecule has 0 saturated carbocycles. The maximum absolute atomic E-state index is 12.7. The molecule has 11 rings (SSSR count). The third kappa shape index (κ3) is 47.2. The summed E-state index contributed by atoms with van der Waals surface area (Å²) in [4.78, 5) is 132. The highest BCUT2D eigenvalue weighted by atomic mass is 35.5. The number of amides is 8. The number of hydrogen-bond donors (Lipinski definition) is 22. The van der Waals surface area contributed by atoms with Gasteiger partial charge in [0.15, 0.2) is 0 Å². The summed E-state index contributed by atoms with van der Waals surface area (Å²) < 4.78 is 0. The van der Waals surface area contributed by atoms with Crippen LogP contribution < -0.4 is 69.4 Å². The van der Waals surface area contributed by atoms with Gasteiger partial charge in [-0.15, -0.1) is 12.4 Å². The second-order valence-corrected chi connectivity index (χ2v) is 38.6. The van der Waals surface area contributed by atoms with E-state index in [0.717, 1.165) is 110 Å². The fraction of sp³-hybridized carbons (Fsp3) is 0.639. The van der Waals surface area contributed by atoms with Crippen molar-refractivity contribution in [1.29, 1.82) is 0 Å². The lowest BCUT2D eigenvalue weighted by Gasteiger charge is -2.25. The molecule has 24 N–H and O–H groups in total. The molecule has 43 heteroatoms. The number of nitrogens with zero attached hydrogens (tertiary/aromatic N) is 3. The van der Waals surface area contributed by atoms with E-state index in [1.165, 1.54) is 56.9 Å². The van der Waals surface area contributed by atoms with Gasteiger partial charge in [0, 0.05) is 150 Å². The minimum Gasteiger partial charge on any atom is -0.480 e. The third-order valence-corrected chi connectivity index (χ3v) is 25.8. The molecule has 8 aliphatic rings. The molecule has 16 unspecified atom stereocenters. The predicted octanol–water partition coefficient (Wildman–Crippen LogP) is 3.92. The Labute approximate surface area is 839 Å². The summed E-state index contributed by atoms with van der Waals surface area (Å²) in [6, 6.07) is 17.0. The summed E-state index contributed by atoms with van der Waals surface area (Å²) in [6.07, 6.45) is 23.7. The Kier molecular flexibility index (Phi) is 59.4. The van der Waals surface area contributed by atoms with Crippen LogP contribution in [0.3, 0.4) is 0 Å². The van der Waals surface area contributed by atoms with Gasteiger partial charge in [0.25, 0.3) is 0 Å². The lowest BCUT2D eigenvalue weighted by molar-refractivity contribution is -0.140. The van der Waals surface area contributed by atoms with E-state index in [2.05, 4.69) is 168 Å². The van der Waals surface area contributed by atoms with Crippen LogP contribution in [0, 0.1) is 94.8 Å². The number of aryl methyl sites for hydroxylation is 6. The lowest BCUT2D eigenvalue weighted by Crippen LogP contribution is -2.46. The number of nitrogens with two attached hydrogens (primary N) is 2. The Hall–Kier alpha value is -8.67. The molecule has 8 heterocycles. The molecule has 778 valence electrons. The van der Waals surface area contributed by atoms with E-state index in [4.69, 9.17) is 31.7 Å². The van der Waals surface area contributed by atoms with Gasteiger partial charge in [-0.1, -0.05) is 122 Å². The number of carbonyl (C=O) groups is 11. The summed E-state index contributed by atoms with van der Waals surface area (Å²) in [7, 11) is -3.94. The second-order valence-electron chi connectivity index (χ2n) is 38.6. The zero-order chi connectivity index (χ0) is 104. The van der Waals surface area contributed by atoms with E-state index >= 15 is 0 Å². The molecule has 8 amide bonds. The Balaban J connectivity index is 0.000000415. The number of hydrogen-bond acceptors (Lipinski definition) is 26. The first-order valence-electron chi connectivity index (χ1n) is 49.7. The molecule has 8 aliphatic heterocycles. The van der Waals surface area contributed by atoms with E-state index in [1.54, 1.807) is 34.1 Å². The molecule has 3 aromatic carbocycles. The lowest BCUT2D eigenvalue weighted by atomic mass is 9.82. The quantitative estimate of drug-likeness (QED) is 0.0217. The topological polar surface area (TPSA) is 564 Å². The second kappa shape index (κ2) is 66.3. The fourth-order valence-electron chi connectivity index (χ4n) is 18.4. The number of aliphatic hydroxyl groups is 1. The maximum atomic E-state index is 12.7. The molecule has 0 spiro atoms. The number of carbonyl (C=O) groups excluding carboxylic acids is 9. The van der Waals surface area contributed by atoms with Crippen LogP contribution in [0.5, 0.6) is 0 Å². The SMILES string of the molecule is C/C=C/C(CC1CCN(Cc2ccc(C)cc2C)C1=O)NB(C)O.C/C=C/C(CC1CCNC1=O)NB(C)O.C/C=C/C(N)CC1CCN(Cc2ccc(C)cc2C)C1=O.CB(O)NC(C=O)CC1CCNC1=O.CB(O)NC(CC1CCNC1=O)C(=O)O.CB(O)NC(CC1CCNC1=O)C(C)C.CB(O)NC(CO)CC1CCN(Cc2ccc(C)cc2C)C1=O.Cl.NC(CC1CCNC1=O)C(=O)O. The number of carboxylic acids is 2. The van der Waals surface area contributed by atoms with E-state index in [9.17, 15) is 77.9 Å². The maximum Gasteiger partial charge on any atom is 0.374 e. The third-order valence-electron chi connectivity index (χ3n) is 25.8. The molecular weight excluding hydrogens is 1810 g/mol. The van der Waals surface area contributed by atoms with E-state index in [0.29, 0.717) is 64.3 Å². The minimum atomic E-state index is -1.05. The number of allylic oxidation sites excluding steroid dienone is 3. The number of likely N-dealkylation sites (tertiary alicyclic amines) is 3. The molecule has 8 saturated heterocycles. The van der Waals surface area contributed by atoms with Crippen LogP contribution in [-0.4, -0.2) is 275 Å². The smallest absolute Gasteiger partial charge is 0.374 e. The number of halogens is 1. The zero-order valence-corrected chi connectivity index (χ0v) is 86.6. The highest BCUT2D eigenvalue weighted by molar-refractivity contribution is 6.47. The molecule has 0 bridgehead atoms. The molecular formula is C97H165B6ClN16O20. The van der Waals surface area contributed by atoms with Gasteiger partial charge < -0.3 is 134 Å². The van der Waals surface area contributed by atoms with Crippen LogP contribution in [0.1, 0.15) is 187 Å². The number of carboxylic acid groups (broad SMARTS) is 2. The van der Waals surface area contributed by atoms with Gasteiger partial charge in [-0.3, -0.25) is 47.9 Å². The molecule has 0 aliphatic carbocycles. The van der Waals surface area contributed by atoms with Crippen LogP contribution >= 0.6 is 12.4 Å². The Bertz CT molecular complexity index is 4420. The van der Waals surface area contributed by atoms with Crippen molar-refractivity contribution in [2.75, 3.05) is 59.0 Å². The molecule has 140 heavy (non-hydrogen) atoms. The molecule has 36 nitrogen and oxygen atoms in total. The first-order chi connectivity index (χ1) is 65.7. The molecule has 0 radical (unpaired) electrons. The van der Waals surface area contributed by atoms with Crippen molar-refractivity contribution in [2.24, 2.45) is 64.7 Å². The summed E-state index contributed by atoms with van der Waals surface area (Å²) in [6.45, 7) is 40.2. The monoisotopic (exact) mass is 1980 g/mol. The standard InChI is InChI=1S/C19H29BN2O2.C18H26N2O.C17H27BN2O3.C10H21BN2O2.C10H19BN2O2.C8H15BN2O4.C8H15BN2O3.C7H12N2O3.ClH/c1-5-6-18(21-20(4)24)12-16-9-10-22(19(16)23)13-17-8-7-14(2)11-15(17)3;1-4-5-17(19)11-15-8-9-20(18(15)21)12-16-7-6-13(2)10-14(16)3;1-12-4-5-15(13(2)8-12)10-20-7-6-14(17(20)22)9-16(11-21)19-18(3)23;1-7(2)9(13-11(3)15)6-8-4-5-12-10(8)14;1-3-4-9(13-11(2)15)7-8-5-6-12-10(8)14;1-9(15)11-6(8(13)14)4-5-2-3-10-7(5)12;1-9(14)11-7(5-12)4-6-2-3-10-8(6)13;8-5(7(11)12)3-4-1-2-9-6(4)10;/h5-8,11,16,18,21,24H,9-10,12-13H2,1-4H3;4-7,10,15,17H,8-9,11-12,19H2,1-3H3;4-5,8,14,16,19,21,23H,6-7,9-11H2,1-3H3;7-9,13,15H,4-6H2,1-3H3,(H,12,14);3-4,8-9,13,15H,5-7H2,1-2H3,(H,12,14);5-6,11,15H,2-4H2,1H3,(H,10,12)(H,13,14);5-7,11,14H,2-4H2,1H3,(H,10,13);4-5H,1-3,8H2,(H,9,10)(H,11,12);1H/b6-5+;5-4+;;;4-3+;;;;.